The van der Waals surface area contributed by atoms with E-state index in [1.54, 1.807) is 6.20 Å². The lowest BCUT2D eigenvalue weighted by Crippen LogP contribution is -2.47. The zero-order chi connectivity index (χ0) is 18.4. The molecule has 0 aromatic carbocycles. The van der Waals surface area contributed by atoms with Crippen molar-refractivity contribution in [3.05, 3.63) is 18.2 Å². The molecule has 2 N–H and O–H groups in total. The van der Waals surface area contributed by atoms with Gasteiger partial charge in [0.25, 0.3) is 0 Å². The molecule has 0 spiro atoms. The fourth-order valence-electron chi connectivity index (χ4n) is 3.82. The summed E-state index contributed by atoms with van der Waals surface area (Å²) in [5.74, 6) is 1.73. The first kappa shape index (κ1) is 19.3. The summed E-state index contributed by atoms with van der Waals surface area (Å²) >= 11 is 0. The van der Waals surface area contributed by atoms with Crippen LogP contribution in [0.3, 0.4) is 0 Å². The normalized spacial score (nSPS) is 23.4. The number of hydrogen-bond acceptors (Lipinski definition) is 5. The predicted molar refractivity (Wildman–Crippen MR) is 101 cm³/mol. The average molecular weight is 364 g/mol. The number of aromatic amines is 1. The van der Waals surface area contributed by atoms with Gasteiger partial charge in [-0.15, -0.1) is 0 Å². The first-order valence-corrected chi connectivity index (χ1v) is 9.93. The molecule has 1 unspecified atom stereocenters. The number of H-pyrrole nitrogens is 1. The standard InChI is InChI=1S/C19H33N5O2/c1-15(2)24-9-10-26-17(13-24)11-19(25)22-12-16-3-7-23(8-4-16)14-18-20-5-6-21-18/h5-6,15-17H,3-4,7-14H2,1-2H3,(H,20,21)(H,22,25). The van der Waals surface area contributed by atoms with Crippen molar-refractivity contribution >= 4 is 5.91 Å². The summed E-state index contributed by atoms with van der Waals surface area (Å²) < 4.78 is 5.77. The Morgan fingerprint density at radius 3 is 2.88 bits per heavy atom. The number of nitrogens with one attached hydrogen (secondary N) is 2. The van der Waals surface area contributed by atoms with Crippen LogP contribution < -0.4 is 5.32 Å². The van der Waals surface area contributed by atoms with Gasteiger partial charge < -0.3 is 15.0 Å². The monoisotopic (exact) mass is 363 g/mol. The van der Waals surface area contributed by atoms with E-state index in [0.29, 0.717) is 18.4 Å². The summed E-state index contributed by atoms with van der Waals surface area (Å²) in [5, 5.41) is 3.13. The molecule has 1 aromatic rings. The molecule has 0 aliphatic carbocycles. The van der Waals surface area contributed by atoms with Crippen LogP contribution in [0.2, 0.25) is 0 Å². The molecule has 1 aromatic heterocycles. The maximum atomic E-state index is 12.3. The second-order valence-corrected chi connectivity index (χ2v) is 7.85. The molecule has 7 nitrogen and oxygen atoms in total. The highest BCUT2D eigenvalue weighted by Crippen LogP contribution is 2.18. The van der Waals surface area contributed by atoms with Gasteiger partial charge in [-0.25, -0.2) is 4.98 Å². The highest BCUT2D eigenvalue weighted by atomic mass is 16.5. The largest absolute Gasteiger partial charge is 0.375 e. The van der Waals surface area contributed by atoms with Crippen LogP contribution in [0, 0.1) is 5.92 Å². The van der Waals surface area contributed by atoms with Crippen LogP contribution in [0.25, 0.3) is 0 Å². The summed E-state index contributed by atoms with van der Waals surface area (Å²) in [4.78, 5) is 24.5. The van der Waals surface area contributed by atoms with Crippen LogP contribution in [-0.2, 0) is 16.1 Å². The molecule has 1 atom stereocenters. The summed E-state index contributed by atoms with van der Waals surface area (Å²) in [6, 6.07) is 0.510. The minimum Gasteiger partial charge on any atom is -0.375 e. The fourth-order valence-corrected chi connectivity index (χ4v) is 3.82. The molecule has 7 heteroatoms. The molecule has 2 aliphatic rings. The van der Waals surface area contributed by atoms with Gasteiger partial charge in [0.2, 0.25) is 5.91 Å². The van der Waals surface area contributed by atoms with E-state index in [0.717, 1.165) is 64.5 Å². The summed E-state index contributed by atoms with van der Waals surface area (Å²) in [7, 11) is 0. The average Bonchev–Trinajstić information content (AvgIpc) is 3.14. The number of carbonyl (C=O) groups excluding carboxylic acids is 1. The van der Waals surface area contributed by atoms with Crippen LogP contribution in [0.1, 0.15) is 38.9 Å². The van der Waals surface area contributed by atoms with Crippen molar-refractivity contribution in [1.82, 2.24) is 25.1 Å². The second kappa shape index (κ2) is 9.48. The molecule has 3 heterocycles. The summed E-state index contributed by atoms with van der Waals surface area (Å²) in [6.45, 7) is 10.7. The molecule has 2 aliphatic heterocycles. The smallest absolute Gasteiger partial charge is 0.222 e. The van der Waals surface area contributed by atoms with E-state index in [2.05, 4.69) is 38.9 Å². The van der Waals surface area contributed by atoms with E-state index in [1.807, 2.05) is 6.20 Å². The maximum absolute atomic E-state index is 12.3. The Morgan fingerprint density at radius 2 is 2.19 bits per heavy atom. The lowest BCUT2D eigenvalue weighted by molar-refractivity contribution is -0.126. The number of aromatic nitrogens is 2. The second-order valence-electron chi connectivity index (χ2n) is 7.85. The van der Waals surface area contributed by atoms with Crippen molar-refractivity contribution in [3.63, 3.8) is 0 Å². The number of hydrogen-bond donors (Lipinski definition) is 2. The van der Waals surface area contributed by atoms with Crippen molar-refractivity contribution in [2.75, 3.05) is 39.3 Å². The van der Waals surface area contributed by atoms with Crippen LogP contribution in [-0.4, -0.2) is 77.2 Å². The molecule has 0 radical (unpaired) electrons. The first-order valence-electron chi connectivity index (χ1n) is 9.93. The quantitative estimate of drug-likeness (QED) is 0.762. The number of nitrogens with zero attached hydrogens (tertiary/aromatic N) is 3. The van der Waals surface area contributed by atoms with Gasteiger partial charge in [0.05, 0.1) is 25.7 Å². The molecule has 1 amide bonds. The van der Waals surface area contributed by atoms with E-state index in [4.69, 9.17) is 4.74 Å². The summed E-state index contributed by atoms with van der Waals surface area (Å²) in [6.07, 6.45) is 6.42. The number of likely N-dealkylation sites (tertiary alicyclic amines) is 1. The third-order valence-corrected chi connectivity index (χ3v) is 5.54. The Kier molecular flexibility index (Phi) is 7.05. The van der Waals surface area contributed by atoms with Crippen LogP contribution >= 0.6 is 0 Å². The van der Waals surface area contributed by atoms with Gasteiger partial charge in [0.15, 0.2) is 0 Å². The van der Waals surface area contributed by atoms with E-state index < -0.39 is 0 Å². The summed E-state index contributed by atoms with van der Waals surface area (Å²) in [5.41, 5.74) is 0. The van der Waals surface area contributed by atoms with Crippen molar-refractivity contribution in [2.24, 2.45) is 5.92 Å². The Morgan fingerprint density at radius 1 is 1.38 bits per heavy atom. The van der Waals surface area contributed by atoms with Gasteiger partial charge in [0, 0.05) is 38.1 Å². The SMILES string of the molecule is CC(C)N1CCOC(CC(=O)NCC2CCN(Cc3ncc[nH]3)CC2)C1. The van der Waals surface area contributed by atoms with Crippen molar-refractivity contribution in [1.29, 1.82) is 0 Å². The molecule has 0 saturated carbocycles. The number of ether oxygens (including phenoxy) is 1. The molecular formula is C19H33N5O2. The Hall–Kier alpha value is -1.44. The predicted octanol–water partition coefficient (Wildman–Crippen LogP) is 1.24. The number of rotatable bonds is 7. The van der Waals surface area contributed by atoms with Gasteiger partial charge in [-0.2, -0.15) is 0 Å². The highest BCUT2D eigenvalue weighted by Gasteiger charge is 2.25. The third-order valence-electron chi connectivity index (χ3n) is 5.54. The lowest BCUT2D eigenvalue weighted by atomic mass is 9.96. The van der Waals surface area contributed by atoms with Gasteiger partial charge in [-0.05, 0) is 45.7 Å². The number of piperidine rings is 1. The zero-order valence-corrected chi connectivity index (χ0v) is 16.1. The number of imidazole rings is 1. The molecule has 146 valence electrons. The number of amides is 1. The maximum Gasteiger partial charge on any atom is 0.222 e. The number of carbonyl (C=O) groups is 1. The van der Waals surface area contributed by atoms with E-state index in [1.165, 1.54) is 0 Å². The van der Waals surface area contributed by atoms with Crippen molar-refractivity contribution in [2.45, 2.75) is 51.8 Å². The molecular weight excluding hydrogens is 330 g/mol. The third kappa shape index (κ3) is 5.79. The van der Waals surface area contributed by atoms with Gasteiger partial charge in [-0.3, -0.25) is 14.6 Å². The Bertz CT molecular complexity index is 540. The fraction of sp³-hybridized carbons (Fsp3) is 0.789. The van der Waals surface area contributed by atoms with E-state index in [9.17, 15) is 4.79 Å². The minimum atomic E-state index is 0.0290. The first-order chi connectivity index (χ1) is 12.6. The van der Waals surface area contributed by atoms with Crippen LogP contribution in [0.4, 0.5) is 0 Å². The molecule has 0 bridgehead atoms. The van der Waals surface area contributed by atoms with E-state index in [-0.39, 0.29) is 12.0 Å². The molecule has 26 heavy (non-hydrogen) atoms. The van der Waals surface area contributed by atoms with Crippen LogP contribution in [0.5, 0.6) is 0 Å². The Balaban J connectivity index is 1.31. The number of morpholine rings is 1. The topological polar surface area (TPSA) is 73.5 Å². The lowest BCUT2D eigenvalue weighted by Gasteiger charge is -2.35. The van der Waals surface area contributed by atoms with Crippen LogP contribution in [0.15, 0.2) is 12.4 Å². The van der Waals surface area contributed by atoms with Gasteiger partial charge >= 0.3 is 0 Å². The molecule has 2 fully saturated rings. The van der Waals surface area contributed by atoms with Crippen molar-refractivity contribution in [3.8, 4) is 0 Å². The van der Waals surface area contributed by atoms with E-state index >= 15 is 0 Å². The highest BCUT2D eigenvalue weighted by molar-refractivity contribution is 5.76. The molecule has 2 saturated heterocycles. The zero-order valence-electron chi connectivity index (χ0n) is 16.1. The molecule has 3 rings (SSSR count). The minimum absolute atomic E-state index is 0.0290. The Labute approximate surface area is 156 Å². The van der Waals surface area contributed by atoms with Gasteiger partial charge in [0.1, 0.15) is 5.82 Å². The van der Waals surface area contributed by atoms with Gasteiger partial charge in [-0.1, -0.05) is 0 Å². The van der Waals surface area contributed by atoms with Crippen molar-refractivity contribution < 1.29 is 9.53 Å².